The Kier molecular flexibility index (Phi) is 2.35. The van der Waals surface area contributed by atoms with Gasteiger partial charge >= 0.3 is 0 Å². The summed E-state index contributed by atoms with van der Waals surface area (Å²) in [5.41, 5.74) is -0.150. The van der Waals surface area contributed by atoms with Gasteiger partial charge in [0.05, 0.1) is 10.0 Å². The van der Waals surface area contributed by atoms with Crippen LogP contribution in [0.3, 0.4) is 0 Å². The molecule has 0 saturated carbocycles. The zero-order valence-electron chi connectivity index (χ0n) is 5.59. The smallest absolute Gasteiger partial charge is 0.147 e. The first-order valence-electron chi connectivity index (χ1n) is 2.83. The van der Waals surface area contributed by atoms with Crippen molar-refractivity contribution in [3.63, 3.8) is 0 Å². The first kappa shape index (κ1) is 8.75. The zero-order chi connectivity index (χ0) is 8.59. The second kappa shape index (κ2) is 2.95. The third kappa shape index (κ3) is 1.47. The van der Waals surface area contributed by atoms with E-state index in [1.807, 2.05) is 0 Å². The average molecular weight is 197 g/mol. The summed E-state index contributed by atoms with van der Waals surface area (Å²) in [6.07, 6.45) is 0. The molecule has 0 aliphatic carbocycles. The van der Waals surface area contributed by atoms with E-state index in [9.17, 15) is 8.78 Å². The largest absolute Gasteiger partial charge is 0.205 e. The summed E-state index contributed by atoms with van der Waals surface area (Å²) in [5, 5.41) is -0.317. The summed E-state index contributed by atoms with van der Waals surface area (Å²) in [7, 11) is 0. The fourth-order valence-corrected chi connectivity index (χ4v) is 1.25. The summed E-state index contributed by atoms with van der Waals surface area (Å²) in [5.74, 6) is -1.51. The van der Waals surface area contributed by atoms with E-state index in [1.54, 1.807) is 0 Å². The van der Waals surface area contributed by atoms with Crippen LogP contribution in [0.1, 0.15) is 5.56 Å². The summed E-state index contributed by atoms with van der Waals surface area (Å²) in [6.45, 7) is 1.28. The Balaban J connectivity index is 3.46. The van der Waals surface area contributed by atoms with Crippen molar-refractivity contribution in [2.75, 3.05) is 0 Å². The van der Waals surface area contributed by atoms with Gasteiger partial charge in [-0.3, -0.25) is 0 Å². The van der Waals surface area contributed by atoms with Gasteiger partial charge in [0.2, 0.25) is 0 Å². The zero-order valence-corrected chi connectivity index (χ0v) is 7.10. The molecule has 60 valence electrons. The molecule has 0 radical (unpaired) electrons. The number of halogens is 4. The van der Waals surface area contributed by atoms with Crippen LogP contribution in [0.15, 0.2) is 6.07 Å². The van der Waals surface area contributed by atoms with E-state index < -0.39 is 11.6 Å². The summed E-state index contributed by atoms with van der Waals surface area (Å²) in [4.78, 5) is 0. The topological polar surface area (TPSA) is 0 Å². The maximum Gasteiger partial charge on any atom is 0.147 e. The standard InChI is InChI=1S/C7H4Cl2F2/c1-3-6(10)4(8)2-5(9)7(3)11/h2H,1H3. The lowest BCUT2D eigenvalue weighted by Crippen LogP contribution is -1.90. The molecule has 0 heterocycles. The van der Waals surface area contributed by atoms with Crippen molar-refractivity contribution in [1.82, 2.24) is 0 Å². The molecule has 4 heteroatoms. The van der Waals surface area contributed by atoms with Crippen LogP contribution in [0.5, 0.6) is 0 Å². The van der Waals surface area contributed by atoms with Crippen molar-refractivity contribution in [3.05, 3.63) is 33.3 Å². The molecule has 0 aliphatic heterocycles. The van der Waals surface area contributed by atoms with Gasteiger partial charge in [-0.05, 0) is 13.0 Å². The summed E-state index contributed by atoms with van der Waals surface area (Å²) >= 11 is 10.7. The number of rotatable bonds is 0. The Morgan fingerprint density at radius 1 is 1.09 bits per heavy atom. The predicted molar refractivity (Wildman–Crippen MR) is 41.1 cm³/mol. The molecule has 0 aromatic heterocycles. The Labute approximate surface area is 72.7 Å². The molecule has 11 heavy (non-hydrogen) atoms. The molecule has 0 atom stereocenters. The van der Waals surface area contributed by atoms with Gasteiger partial charge in [-0.25, -0.2) is 8.78 Å². The van der Waals surface area contributed by atoms with Gasteiger partial charge in [-0.2, -0.15) is 0 Å². The molecular formula is C7H4Cl2F2. The van der Waals surface area contributed by atoms with Crippen molar-refractivity contribution < 1.29 is 8.78 Å². The lowest BCUT2D eigenvalue weighted by Gasteiger charge is -2.01. The van der Waals surface area contributed by atoms with E-state index in [-0.39, 0.29) is 15.6 Å². The normalized spacial score (nSPS) is 10.3. The van der Waals surface area contributed by atoms with Crippen LogP contribution < -0.4 is 0 Å². The van der Waals surface area contributed by atoms with E-state index in [2.05, 4.69) is 0 Å². The van der Waals surface area contributed by atoms with Gasteiger partial charge in [0.1, 0.15) is 11.6 Å². The third-order valence-electron chi connectivity index (χ3n) is 1.33. The monoisotopic (exact) mass is 196 g/mol. The van der Waals surface area contributed by atoms with Crippen LogP contribution in [0, 0.1) is 18.6 Å². The molecular weight excluding hydrogens is 193 g/mol. The third-order valence-corrected chi connectivity index (χ3v) is 1.88. The number of benzene rings is 1. The average Bonchev–Trinajstić information content (AvgIpc) is 1.97. The van der Waals surface area contributed by atoms with Crippen molar-refractivity contribution in [1.29, 1.82) is 0 Å². The van der Waals surface area contributed by atoms with E-state index in [0.717, 1.165) is 6.07 Å². The molecule has 1 rings (SSSR count). The Bertz CT molecular complexity index is 271. The highest BCUT2D eigenvalue weighted by atomic mass is 35.5. The Morgan fingerprint density at radius 2 is 1.45 bits per heavy atom. The second-order valence-corrected chi connectivity index (χ2v) is 2.91. The van der Waals surface area contributed by atoms with Gasteiger partial charge in [0, 0.05) is 5.56 Å². The fourth-order valence-electron chi connectivity index (χ4n) is 0.693. The minimum Gasteiger partial charge on any atom is -0.205 e. The van der Waals surface area contributed by atoms with E-state index >= 15 is 0 Å². The summed E-state index contributed by atoms with van der Waals surface area (Å²) in [6, 6.07) is 1.04. The predicted octanol–water partition coefficient (Wildman–Crippen LogP) is 3.58. The molecule has 0 saturated heterocycles. The molecule has 0 bridgehead atoms. The van der Waals surface area contributed by atoms with E-state index in [4.69, 9.17) is 23.2 Å². The van der Waals surface area contributed by atoms with Crippen LogP contribution in [0.4, 0.5) is 8.78 Å². The molecule has 0 nitrogen and oxygen atoms in total. The molecule has 1 aromatic rings. The molecule has 0 spiro atoms. The molecule has 0 fully saturated rings. The van der Waals surface area contributed by atoms with Crippen molar-refractivity contribution in [2.24, 2.45) is 0 Å². The van der Waals surface area contributed by atoms with Crippen LogP contribution in [0.2, 0.25) is 10.0 Å². The number of hydrogen-bond donors (Lipinski definition) is 0. The molecule has 0 unspecified atom stereocenters. The van der Waals surface area contributed by atoms with Crippen LogP contribution >= 0.6 is 23.2 Å². The fraction of sp³-hybridized carbons (Fsp3) is 0.143. The highest BCUT2D eigenvalue weighted by Crippen LogP contribution is 2.26. The lowest BCUT2D eigenvalue weighted by molar-refractivity contribution is 0.569. The van der Waals surface area contributed by atoms with Gasteiger partial charge < -0.3 is 0 Å². The van der Waals surface area contributed by atoms with Crippen LogP contribution in [-0.4, -0.2) is 0 Å². The first-order chi connectivity index (χ1) is 5.04. The number of hydrogen-bond acceptors (Lipinski definition) is 0. The highest BCUT2D eigenvalue weighted by molar-refractivity contribution is 6.34. The molecule has 1 aromatic carbocycles. The summed E-state index contributed by atoms with van der Waals surface area (Å²) < 4.78 is 25.5. The van der Waals surface area contributed by atoms with Gasteiger partial charge in [-0.1, -0.05) is 23.2 Å². The Hall–Kier alpha value is -0.340. The SMILES string of the molecule is Cc1c(F)c(Cl)cc(Cl)c1F. The van der Waals surface area contributed by atoms with Crippen molar-refractivity contribution >= 4 is 23.2 Å². The second-order valence-electron chi connectivity index (χ2n) is 2.09. The minimum absolute atomic E-state index is 0.150. The van der Waals surface area contributed by atoms with Crippen LogP contribution in [-0.2, 0) is 0 Å². The van der Waals surface area contributed by atoms with Gasteiger partial charge in [0.25, 0.3) is 0 Å². The molecule has 0 N–H and O–H groups in total. The molecule has 0 aliphatic rings. The van der Waals surface area contributed by atoms with Crippen LogP contribution in [0.25, 0.3) is 0 Å². The van der Waals surface area contributed by atoms with E-state index in [1.165, 1.54) is 6.92 Å². The Morgan fingerprint density at radius 3 is 1.82 bits per heavy atom. The lowest BCUT2D eigenvalue weighted by atomic mass is 10.2. The minimum atomic E-state index is -0.756. The maximum absolute atomic E-state index is 12.7. The van der Waals surface area contributed by atoms with Crippen molar-refractivity contribution in [3.8, 4) is 0 Å². The first-order valence-corrected chi connectivity index (χ1v) is 3.59. The van der Waals surface area contributed by atoms with Crippen molar-refractivity contribution in [2.45, 2.75) is 6.92 Å². The quantitative estimate of drug-likeness (QED) is 0.557. The molecule has 0 amide bonds. The van der Waals surface area contributed by atoms with Gasteiger partial charge in [-0.15, -0.1) is 0 Å². The maximum atomic E-state index is 12.7. The van der Waals surface area contributed by atoms with E-state index in [0.29, 0.717) is 0 Å². The van der Waals surface area contributed by atoms with Gasteiger partial charge in [0.15, 0.2) is 0 Å². The highest BCUT2D eigenvalue weighted by Gasteiger charge is 2.11.